The lowest BCUT2D eigenvalue weighted by Gasteiger charge is -2.37. The summed E-state index contributed by atoms with van der Waals surface area (Å²) < 4.78 is 1.58. The average Bonchev–Trinajstić information content (AvgIpc) is 2.80. The second-order valence-electron chi connectivity index (χ2n) is 8.33. The summed E-state index contributed by atoms with van der Waals surface area (Å²) in [6.45, 7) is 5.47. The summed E-state index contributed by atoms with van der Waals surface area (Å²) >= 11 is 12.2. The van der Waals surface area contributed by atoms with Gasteiger partial charge < -0.3 is 14.9 Å². The van der Waals surface area contributed by atoms with Crippen LogP contribution in [0.2, 0.25) is 10.0 Å². The fourth-order valence-electron chi connectivity index (χ4n) is 4.49. The number of carbonyl (C=O) groups is 1. The van der Waals surface area contributed by atoms with Crippen molar-refractivity contribution in [2.45, 2.75) is 32.7 Å². The number of rotatable bonds is 5. The summed E-state index contributed by atoms with van der Waals surface area (Å²) in [6, 6.07) is 14.1. The average molecular weight is 501 g/mol. The highest BCUT2D eigenvalue weighted by atomic mass is 35.5. The molecule has 1 aromatic heterocycles. The Bertz CT molecular complexity index is 1250. The van der Waals surface area contributed by atoms with Gasteiger partial charge in [-0.3, -0.25) is 9.36 Å². The smallest absolute Gasteiger partial charge is 0.407 e. The van der Waals surface area contributed by atoms with E-state index in [2.05, 4.69) is 4.90 Å². The number of nitrogens with zero attached hydrogens (tertiary/aromatic N) is 4. The second-order valence-corrected chi connectivity index (χ2v) is 9.21. The highest BCUT2D eigenvalue weighted by molar-refractivity contribution is 6.31. The summed E-state index contributed by atoms with van der Waals surface area (Å²) in [5.41, 5.74) is 2.16. The molecule has 34 heavy (non-hydrogen) atoms. The molecule has 0 aliphatic carbocycles. The maximum absolute atomic E-state index is 13.4. The molecule has 1 fully saturated rings. The van der Waals surface area contributed by atoms with E-state index < -0.39 is 6.09 Å². The van der Waals surface area contributed by atoms with Crippen LogP contribution in [0.4, 0.5) is 10.6 Å². The Morgan fingerprint density at radius 1 is 1.09 bits per heavy atom. The molecule has 9 heteroatoms. The van der Waals surface area contributed by atoms with Gasteiger partial charge in [0.05, 0.1) is 5.69 Å². The van der Waals surface area contributed by atoms with Crippen LogP contribution < -0.4 is 10.5 Å². The quantitative estimate of drug-likeness (QED) is 0.501. The normalized spacial score (nSPS) is 14.3. The molecule has 4 rings (SSSR count). The molecule has 0 bridgehead atoms. The fraction of sp³-hybridized carbons (Fsp3) is 0.320. The Labute approximate surface area is 208 Å². The number of aromatic nitrogens is 2. The summed E-state index contributed by atoms with van der Waals surface area (Å²) in [5.74, 6) is 1.10. The van der Waals surface area contributed by atoms with Gasteiger partial charge in [-0.1, -0.05) is 23.2 Å². The van der Waals surface area contributed by atoms with Gasteiger partial charge in [0, 0.05) is 47.4 Å². The predicted octanol–water partition coefficient (Wildman–Crippen LogP) is 5.48. The van der Waals surface area contributed by atoms with E-state index in [0.717, 1.165) is 11.1 Å². The molecule has 1 amide bonds. The third kappa shape index (κ3) is 4.91. The van der Waals surface area contributed by atoms with Crippen molar-refractivity contribution in [1.29, 1.82) is 0 Å². The number of anilines is 1. The van der Waals surface area contributed by atoms with E-state index in [-0.39, 0.29) is 11.6 Å². The van der Waals surface area contributed by atoms with Crippen molar-refractivity contribution in [3.05, 3.63) is 74.5 Å². The van der Waals surface area contributed by atoms with Crippen molar-refractivity contribution in [2.75, 3.05) is 24.5 Å². The van der Waals surface area contributed by atoms with Crippen LogP contribution in [0.15, 0.2) is 53.3 Å². The van der Waals surface area contributed by atoms with Gasteiger partial charge in [-0.15, -0.1) is 0 Å². The number of halogens is 2. The molecular formula is C25H26Cl2N4O3. The van der Waals surface area contributed by atoms with Crippen LogP contribution in [0.25, 0.3) is 17.1 Å². The zero-order chi connectivity index (χ0) is 24.4. The minimum absolute atomic E-state index is 0.0360. The van der Waals surface area contributed by atoms with Crippen LogP contribution in [0.3, 0.4) is 0 Å². The highest BCUT2D eigenvalue weighted by Crippen LogP contribution is 2.29. The van der Waals surface area contributed by atoms with E-state index in [1.165, 1.54) is 4.90 Å². The van der Waals surface area contributed by atoms with Gasteiger partial charge in [0.25, 0.3) is 5.56 Å². The van der Waals surface area contributed by atoms with Crippen molar-refractivity contribution in [2.24, 2.45) is 0 Å². The Morgan fingerprint density at radius 2 is 1.74 bits per heavy atom. The highest BCUT2D eigenvalue weighted by Gasteiger charge is 2.28. The van der Waals surface area contributed by atoms with E-state index in [1.807, 2.05) is 26.0 Å². The topological polar surface area (TPSA) is 78.7 Å². The first-order valence-corrected chi connectivity index (χ1v) is 11.9. The monoisotopic (exact) mass is 500 g/mol. The summed E-state index contributed by atoms with van der Waals surface area (Å²) in [5, 5.41) is 10.6. The Hall–Kier alpha value is -3.03. The molecule has 3 aromatic rings. The molecule has 2 aromatic carbocycles. The fourth-order valence-corrected chi connectivity index (χ4v) is 4.84. The first-order chi connectivity index (χ1) is 16.3. The largest absolute Gasteiger partial charge is 0.465 e. The van der Waals surface area contributed by atoms with E-state index >= 15 is 0 Å². The molecule has 1 saturated heterocycles. The van der Waals surface area contributed by atoms with Gasteiger partial charge in [0.2, 0.25) is 0 Å². The molecule has 1 aliphatic heterocycles. The minimum Gasteiger partial charge on any atom is -0.465 e. The van der Waals surface area contributed by atoms with Crippen molar-refractivity contribution in [3.63, 3.8) is 0 Å². The van der Waals surface area contributed by atoms with E-state index in [4.69, 9.17) is 28.2 Å². The number of benzene rings is 2. The molecule has 0 unspecified atom stereocenters. The zero-order valence-electron chi connectivity index (χ0n) is 19.0. The first kappa shape index (κ1) is 24.1. The molecule has 1 N–H and O–H groups in total. The molecule has 7 nitrogen and oxygen atoms in total. The van der Waals surface area contributed by atoms with Crippen LogP contribution >= 0.6 is 23.2 Å². The Balaban J connectivity index is 1.75. The molecular weight excluding hydrogens is 475 g/mol. The van der Waals surface area contributed by atoms with Crippen molar-refractivity contribution in [1.82, 2.24) is 14.5 Å². The lowest BCUT2D eigenvalue weighted by Crippen LogP contribution is -2.47. The predicted molar refractivity (Wildman–Crippen MR) is 136 cm³/mol. The van der Waals surface area contributed by atoms with Gasteiger partial charge in [0.15, 0.2) is 0 Å². The second kappa shape index (κ2) is 10.1. The number of hydrogen-bond acceptors (Lipinski definition) is 4. The van der Waals surface area contributed by atoms with Crippen LogP contribution in [0, 0.1) is 6.92 Å². The number of aryl methyl sites for hydroxylation is 1. The standard InChI is InChI=1S/C25H26Cl2N4O3/c1-3-30(25(33)34)19-10-12-29(13-11-19)22-15-23(32)31(20-7-4-17(26)5-8-20)24(28-22)21-9-6-18(27)14-16(21)2/h4-9,14-15,19H,3,10-13H2,1-2H3,(H,33,34). The van der Waals surface area contributed by atoms with Crippen LogP contribution in [0.1, 0.15) is 25.3 Å². The SMILES string of the molecule is CCN(C(=O)O)C1CCN(c2cc(=O)n(-c3ccc(Cl)cc3)c(-c3ccc(Cl)cc3C)n2)CC1. The van der Waals surface area contributed by atoms with Gasteiger partial charge in [-0.25, -0.2) is 9.78 Å². The number of hydrogen-bond donors (Lipinski definition) is 1. The Morgan fingerprint density at radius 3 is 2.32 bits per heavy atom. The summed E-state index contributed by atoms with van der Waals surface area (Å²) in [4.78, 5) is 33.4. The number of amides is 1. The number of piperidine rings is 1. The first-order valence-electron chi connectivity index (χ1n) is 11.2. The zero-order valence-corrected chi connectivity index (χ0v) is 20.6. The van der Waals surface area contributed by atoms with Crippen molar-refractivity contribution >= 4 is 35.1 Å². The maximum Gasteiger partial charge on any atom is 0.407 e. The van der Waals surface area contributed by atoms with Gasteiger partial charge in [-0.2, -0.15) is 0 Å². The summed E-state index contributed by atoms with van der Waals surface area (Å²) in [7, 11) is 0. The molecule has 1 aliphatic rings. The van der Waals surface area contributed by atoms with Crippen LogP contribution in [-0.4, -0.2) is 51.3 Å². The van der Waals surface area contributed by atoms with Crippen molar-refractivity contribution in [3.8, 4) is 17.1 Å². The van der Waals surface area contributed by atoms with Gasteiger partial charge in [0.1, 0.15) is 11.6 Å². The Kier molecular flexibility index (Phi) is 7.14. The molecule has 0 saturated carbocycles. The molecule has 2 heterocycles. The molecule has 178 valence electrons. The van der Waals surface area contributed by atoms with E-state index in [9.17, 15) is 14.7 Å². The number of carboxylic acid groups (broad SMARTS) is 1. The van der Waals surface area contributed by atoms with E-state index in [1.54, 1.807) is 41.0 Å². The lowest BCUT2D eigenvalue weighted by molar-refractivity contribution is 0.119. The maximum atomic E-state index is 13.4. The third-order valence-electron chi connectivity index (χ3n) is 6.24. The lowest BCUT2D eigenvalue weighted by atomic mass is 10.0. The third-order valence-corrected chi connectivity index (χ3v) is 6.72. The van der Waals surface area contributed by atoms with Gasteiger partial charge in [-0.05, 0) is 74.7 Å². The van der Waals surface area contributed by atoms with Crippen LogP contribution in [0.5, 0.6) is 0 Å². The van der Waals surface area contributed by atoms with Gasteiger partial charge >= 0.3 is 6.09 Å². The molecule has 0 atom stereocenters. The van der Waals surface area contributed by atoms with Crippen LogP contribution in [-0.2, 0) is 0 Å². The summed E-state index contributed by atoms with van der Waals surface area (Å²) in [6.07, 6.45) is 0.458. The minimum atomic E-state index is -0.898. The van der Waals surface area contributed by atoms with Crippen molar-refractivity contribution < 1.29 is 9.90 Å². The van der Waals surface area contributed by atoms with E-state index in [0.29, 0.717) is 59.9 Å². The molecule has 0 spiro atoms. The molecule has 0 radical (unpaired) electrons.